The first-order valence-electron chi connectivity index (χ1n) is 5.01. The van der Waals surface area contributed by atoms with E-state index in [1.54, 1.807) is 0 Å². The summed E-state index contributed by atoms with van der Waals surface area (Å²) in [6.07, 6.45) is 0. The minimum Gasteiger partial charge on any atom is -0.0843 e. The van der Waals surface area contributed by atoms with Gasteiger partial charge in [0.1, 0.15) is 0 Å². The van der Waals surface area contributed by atoms with Crippen LogP contribution in [0.4, 0.5) is 0 Å². The summed E-state index contributed by atoms with van der Waals surface area (Å²) in [4.78, 5) is 0. The van der Waals surface area contributed by atoms with Crippen LogP contribution in [-0.2, 0) is 0 Å². The van der Waals surface area contributed by atoms with Crippen LogP contribution in [0.25, 0.3) is 21.5 Å². The molecule has 0 radical (unpaired) electrons. The molecule has 3 aromatic rings. The van der Waals surface area contributed by atoms with Crippen LogP contribution in [0.15, 0.2) is 48.5 Å². The molecule has 2 heteroatoms. The molecule has 0 fully saturated rings. The van der Waals surface area contributed by atoms with Crippen molar-refractivity contribution in [3.8, 4) is 0 Å². The zero-order valence-corrected chi connectivity index (χ0v) is 9.89. The van der Waals surface area contributed by atoms with Gasteiger partial charge in [0.25, 0.3) is 0 Å². The van der Waals surface area contributed by atoms with E-state index in [9.17, 15) is 0 Å². The molecule has 0 saturated carbocycles. The van der Waals surface area contributed by atoms with Crippen molar-refractivity contribution >= 4 is 44.7 Å². The summed E-state index contributed by atoms with van der Waals surface area (Å²) in [6, 6.07) is 16.1. The highest BCUT2D eigenvalue weighted by molar-refractivity contribution is 6.32. The Morgan fingerprint density at radius 3 is 1.44 bits per heavy atom. The molecule has 0 bridgehead atoms. The van der Waals surface area contributed by atoms with Crippen molar-refractivity contribution in [2.24, 2.45) is 0 Å². The summed E-state index contributed by atoms with van der Waals surface area (Å²) in [6.45, 7) is 0. The fourth-order valence-electron chi connectivity index (χ4n) is 1.94. The largest absolute Gasteiger partial charge is 0.0843 e. The van der Waals surface area contributed by atoms with Crippen LogP contribution >= 0.6 is 23.2 Å². The number of fused-ring (bicyclic) bond motifs is 2. The van der Waals surface area contributed by atoms with Crippen molar-refractivity contribution in [1.29, 1.82) is 0 Å². The molecule has 0 aliphatic rings. The Morgan fingerprint density at radius 2 is 0.938 bits per heavy atom. The van der Waals surface area contributed by atoms with E-state index in [1.165, 1.54) is 10.8 Å². The van der Waals surface area contributed by atoms with Gasteiger partial charge in [-0.05, 0) is 57.9 Å². The molecule has 0 aliphatic carbocycles. The Balaban J connectivity index is 2.44. The van der Waals surface area contributed by atoms with Gasteiger partial charge in [-0.25, -0.2) is 0 Å². The van der Waals surface area contributed by atoms with Gasteiger partial charge in [0.2, 0.25) is 0 Å². The first-order valence-corrected chi connectivity index (χ1v) is 5.76. The molecule has 0 amide bonds. The van der Waals surface area contributed by atoms with Gasteiger partial charge in [-0.2, -0.15) is 0 Å². The first-order chi connectivity index (χ1) is 7.72. The fourth-order valence-corrected chi connectivity index (χ4v) is 2.30. The molecule has 0 aliphatic heterocycles. The molecule has 0 saturated heterocycles. The summed E-state index contributed by atoms with van der Waals surface area (Å²) in [5.74, 6) is 0. The van der Waals surface area contributed by atoms with E-state index in [2.05, 4.69) is 12.1 Å². The van der Waals surface area contributed by atoms with Gasteiger partial charge in [0.15, 0.2) is 0 Å². The Hall–Kier alpha value is -1.24. The average Bonchev–Trinajstić information content (AvgIpc) is 2.26. The smallest absolute Gasteiger partial charge is 0.0412 e. The maximum absolute atomic E-state index is 5.98. The number of rotatable bonds is 0. The van der Waals surface area contributed by atoms with Crippen molar-refractivity contribution in [2.75, 3.05) is 0 Å². The Kier molecular flexibility index (Phi) is 2.27. The number of hydrogen-bond acceptors (Lipinski definition) is 0. The van der Waals surface area contributed by atoms with Gasteiger partial charge in [-0.15, -0.1) is 0 Å². The molecule has 0 aromatic heterocycles. The molecule has 3 rings (SSSR count). The molecule has 0 unspecified atom stereocenters. The number of hydrogen-bond donors (Lipinski definition) is 0. The lowest BCUT2D eigenvalue weighted by Crippen LogP contribution is -1.76. The maximum atomic E-state index is 5.98. The summed E-state index contributed by atoms with van der Waals surface area (Å²) < 4.78 is 0. The van der Waals surface area contributed by atoms with Gasteiger partial charge >= 0.3 is 0 Å². The van der Waals surface area contributed by atoms with Gasteiger partial charge in [0, 0.05) is 10.0 Å². The zero-order chi connectivity index (χ0) is 11.1. The lowest BCUT2D eigenvalue weighted by molar-refractivity contribution is 1.76. The highest BCUT2D eigenvalue weighted by Gasteiger charge is 1.99. The topological polar surface area (TPSA) is 0 Å². The van der Waals surface area contributed by atoms with Crippen molar-refractivity contribution < 1.29 is 0 Å². The normalized spacial score (nSPS) is 11.1. The third-order valence-corrected chi connectivity index (χ3v) is 3.19. The Bertz CT molecular complexity index is 630. The van der Waals surface area contributed by atoms with Gasteiger partial charge in [-0.3, -0.25) is 0 Å². The number of halogens is 2. The average molecular weight is 247 g/mol. The Morgan fingerprint density at radius 1 is 0.500 bits per heavy atom. The highest BCUT2D eigenvalue weighted by atomic mass is 35.5. The summed E-state index contributed by atoms with van der Waals surface area (Å²) in [7, 11) is 0. The Labute approximate surface area is 103 Å². The third kappa shape index (κ3) is 1.64. The van der Waals surface area contributed by atoms with Crippen LogP contribution in [-0.4, -0.2) is 0 Å². The van der Waals surface area contributed by atoms with Gasteiger partial charge in [-0.1, -0.05) is 35.3 Å². The summed E-state index contributed by atoms with van der Waals surface area (Å²) in [5, 5.41) is 6.19. The highest BCUT2D eigenvalue weighted by Crippen LogP contribution is 2.27. The molecule has 0 atom stereocenters. The second-order valence-electron chi connectivity index (χ2n) is 3.84. The molecule has 0 nitrogen and oxygen atoms in total. The quantitative estimate of drug-likeness (QED) is 0.473. The summed E-state index contributed by atoms with van der Waals surface area (Å²) >= 11 is 12.0. The molecule has 0 spiro atoms. The predicted molar refractivity (Wildman–Crippen MR) is 71.5 cm³/mol. The van der Waals surface area contributed by atoms with Gasteiger partial charge in [0.05, 0.1) is 0 Å². The van der Waals surface area contributed by atoms with E-state index in [0.717, 1.165) is 20.8 Å². The maximum Gasteiger partial charge on any atom is 0.0412 e. The molecule has 16 heavy (non-hydrogen) atoms. The molecular weight excluding hydrogens is 239 g/mol. The molecule has 3 aromatic carbocycles. The van der Waals surface area contributed by atoms with E-state index < -0.39 is 0 Å². The number of benzene rings is 3. The van der Waals surface area contributed by atoms with E-state index in [-0.39, 0.29) is 0 Å². The van der Waals surface area contributed by atoms with Crippen molar-refractivity contribution in [3.63, 3.8) is 0 Å². The van der Waals surface area contributed by atoms with Gasteiger partial charge < -0.3 is 0 Å². The third-order valence-electron chi connectivity index (χ3n) is 2.72. The molecular formula is C14H8Cl2. The predicted octanol–water partition coefficient (Wildman–Crippen LogP) is 5.30. The molecule has 78 valence electrons. The lowest BCUT2D eigenvalue weighted by atomic mass is 10.0. The second kappa shape index (κ2) is 3.65. The molecule has 0 heterocycles. The van der Waals surface area contributed by atoms with Crippen LogP contribution < -0.4 is 0 Å². The van der Waals surface area contributed by atoms with Crippen LogP contribution in [0.3, 0.4) is 0 Å². The van der Waals surface area contributed by atoms with Crippen molar-refractivity contribution in [2.45, 2.75) is 0 Å². The standard InChI is InChI=1S/C14H8Cl2/c15-13-3-1-9-5-10-2-4-14(16)8-12(10)6-11(9)7-13/h1-8H. The monoisotopic (exact) mass is 246 g/mol. The van der Waals surface area contributed by atoms with E-state index in [1.807, 2.05) is 36.4 Å². The van der Waals surface area contributed by atoms with E-state index >= 15 is 0 Å². The van der Waals surface area contributed by atoms with Crippen LogP contribution in [0, 0.1) is 0 Å². The zero-order valence-electron chi connectivity index (χ0n) is 8.37. The van der Waals surface area contributed by atoms with Crippen molar-refractivity contribution in [1.82, 2.24) is 0 Å². The minimum absolute atomic E-state index is 0.758. The van der Waals surface area contributed by atoms with Crippen LogP contribution in [0.2, 0.25) is 10.0 Å². The summed E-state index contributed by atoms with van der Waals surface area (Å²) in [5.41, 5.74) is 0. The molecule has 0 N–H and O–H groups in total. The van der Waals surface area contributed by atoms with E-state index in [4.69, 9.17) is 23.2 Å². The minimum atomic E-state index is 0.758. The SMILES string of the molecule is Clc1ccc2cc3ccc(Cl)cc3cc2c1. The fraction of sp³-hybridized carbons (Fsp3) is 0. The second-order valence-corrected chi connectivity index (χ2v) is 4.71. The van der Waals surface area contributed by atoms with E-state index in [0.29, 0.717) is 0 Å². The lowest BCUT2D eigenvalue weighted by Gasteiger charge is -2.03. The van der Waals surface area contributed by atoms with Crippen LogP contribution in [0.1, 0.15) is 0 Å². The van der Waals surface area contributed by atoms with Crippen molar-refractivity contribution in [3.05, 3.63) is 58.6 Å². The first kappa shape index (κ1) is 9.95. The van der Waals surface area contributed by atoms with Crippen LogP contribution in [0.5, 0.6) is 0 Å².